The molecule has 0 aliphatic rings. The Morgan fingerprint density at radius 2 is 1.22 bits per heavy atom. The minimum absolute atomic E-state index is 0.0819. The van der Waals surface area contributed by atoms with Gasteiger partial charge in [-0.2, -0.15) is 0 Å². The van der Waals surface area contributed by atoms with E-state index in [9.17, 15) is 8.42 Å². The first-order chi connectivity index (χ1) is 15.5. The quantitative estimate of drug-likeness (QED) is 0.357. The van der Waals surface area contributed by atoms with Crippen LogP contribution in [-0.2, 0) is 10.0 Å². The third kappa shape index (κ3) is 4.96. The molecule has 0 aliphatic heterocycles. The number of hydrogen-bond donors (Lipinski definition) is 3. The molecule has 8 nitrogen and oxygen atoms in total. The predicted octanol–water partition coefficient (Wildman–Crippen LogP) is 4.77. The maximum Gasteiger partial charge on any atom is 0.262 e. The molecule has 0 saturated heterocycles. The molecule has 4 aromatic rings. The monoisotopic (exact) mass is 447 g/mol. The summed E-state index contributed by atoms with van der Waals surface area (Å²) in [6.45, 7) is 0. The Morgan fingerprint density at radius 1 is 0.719 bits per heavy atom. The standard InChI is InChI=1S/C23H21N5O3S/c1-31-19-12-14-20(15-13-19)32(29,30)28-21-22(26-17-8-4-2-5-9-17)24-16-25-23(21)27-18-10-6-3-7-11-18/h2-16,28H,1H3,(H2,24,25,26,27). The molecule has 4 rings (SSSR count). The van der Waals surface area contributed by atoms with E-state index in [-0.39, 0.29) is 10.6 Å². The van der Waals surface area contributed by atoms with E-state index in [1.807, 2.05) is 60.7 Å². The average Bonchev–Trinajstić information content (AvgIpc) is 2.82. The Hall–Kier alpha value is -4.11. The molecule has 0 aliphatic carbocycles. The van der Waals surface area contributed by atoms with Crippen LogP contribution < -0.4 is 20.1 Å². The summed E-state index contributed by atoms with van der Waals surface area (Å²) in [5.41, 5.74) is 1.69. The molecule has 162 valence electrons. The molecule has 0 atom stereocenters. The Morgan fingerprint density at radius 3 is 1.69 bits per heavy atom. The van der Waals surface area contributed by atoms with Crippen molar-refractivity contribution < 1.29 is 13.2 Å². The fraction of sp³-hybridized carbons (Fsp3) is 0.0435. The predicted molar refractivity (Wildman–Crippen MR) is 125 cm³/mol. The van der Waals surface area contributed by atoms with Gasteiger partial charge < -0.3 is 15.4 Å². The summed E-state index contributed by atoms with van der Waals surface area (Å²) in [6, 6.07) is 24.8. The molecule has 3 aromatic carbocycles. The summed E-state index contributed by atoms with van der Waals surface area (Å²) < 4.78 is 34.0. The minimum atomic E-state index is -3.93. The molecule has 0 fully saturated rings. The molecule has 0 spiro atoms. The fourth-order valence-electron chi connectivity index (χ4n) is 2.94. The molecule has 3 N–H and O–H groups in total. The van der Waals surface area contributed by atoms with Gasteiger partial charge in [-0.05, 0) is 48.5 Å². The van der Waals surface area contributed by atoms with Crippen LogP contribution in [-0.4, -0.2) is 25.5 Å². The van der Waals surface area contributed by atoms with E-state index >= 15 is 0 Å². The zero-order valence-corrected chi connectivity index (χ0v) is 18.0. The van der Waals surface area contributed by atoms with Crippen molar-refractivity contribution in [2.24, 2.45) is 0 Å². The van der Waals surface area contributed by atoms with Gasteiger partial charge >= 0.3 is 0 Å². The number of para-hydroxylation sites is 2. The summed E-state index contributed by atoms with van der Waals surface area (Å²) >= 11 is 0. The summed E-state index contributed by atoms with van der Waals surface area (Å²) in [7, 11) is -2.41. The van der Waals surface area contributed by atoms with Gasteiger partial charge in [-0.3, -0.25) is 4.72 Å². The second kappa shape index (κ2) is 9.36. The number of anilines is 5. The van der Waals surface area contributed by atoms with Gasteiger partial charge in [0.1, 0.15) is 17.8 Å². The average molecular weight is 448 g/mol. The number of sulfonamides is 1. The molecule has 9 heteroatoms. The normalized spacial score (nSPS) is 10.9. The summed E-state index contributed by atoms with van der Waals surface area (Å²) in [6.07, 6.45) is 1.36. The third-order valence-electron chi connectivity index (χ3n) is 4.53. The summed E-state index contributed by atoms with van der Waals surface area (Å²) in [5, 5.41) is 6.31. The van der Waals surface area contributed by atoms with Crippen LogP contribution in [0.1, 0.15) is 0 Å². The van der Waals surface area contributed by atoms with Crippen molar-refractivity contribution in [2.75, 3.05) is 22.5 Å². The van der Waals surface area contributed by atoms with Crippen LogP contribution in [0.2, 0.25) is 0 Å². The maximum absolute atomic E-state index is 13.1. The van der Waals surface area contributed by atoms with Gasteiger partial charge in [0.05, 0.1) is 12.0 Å². The van der Waals surface area contributed by atoms with Gasteiger partial charge in [-0.1, -0.05) is 36.4 Å². The van der Waals surface area contributed by atoms with Crippen molar-refractivity contribution >= 4 is 38.7 Å². The number of nitrogens with zero attached hydrogens (tertiary/aromatic N) is 2. The molecule has 0 bridgehead atoms. The van der Waals surface area contributed by atoms with Gasteiger partial charge in [-0.15, -0.1) is 0 Å². The summed E-state index contributed by atoms with van der Waals surface area (Å²) in [4.78, 5) is 8.63. The Bertz CT molecular complexity index is 1220. The highest BCUT2D eigenvalue weighted by atomic mass is 32.2. The van der Waals surface area contributed by atoms with E-state index < -0.39 is 10.0 Å². The first-order valence-corrected chi connectivity index (χ1v) is 11.2. The maximum atomic E-state index is 13.1. The van der Waals surface area contributed by atoms with Crippen LogP contribution in [0.25, 0.3) is 0 Å². The van der Waals surface area contributed by atoms with E-state index in [1.54, 1.807) is 12.1 Å². The van der Waals surface area contributed by atoms with E-state index in [0.29, 0.717) is 17.4 Å². The summed E-state index contributed by atoms with van der Waals surface area (Å²) in [5.74, 6) is 1.17. The van der Waals surface area contributed by atoms with Crippen LogP contribution in [0.5, 0.6) is 5.75 Å². The molecular weight excluding hydrogens is 426 g/mol. The van der Waals surface area contributed by atoms with Gasteiger partial charge in [0.15, 0.2) is 11.6 Å². The Kier molecular flexibility index (Phi) is 6.18. The minimum Gasteiger partial charge on any atom is -0.497 e. The Labute approximate surface area is 186 Å². The fourth-order valence-corrected chi connectivity index (χ4v) is 4.01. The number of nitrogens with one attached hydrogen (secondary N) is 3. The second-order valence-corrected chi connectivity index (χ2v) is 8.39. The zero-order valence-electron chi connectivity index (χ0n) is 17.2. The second-order valence-electron chi connectivity index (χ2n) is 6.71. The number of methoxy groups -OCH3 is 1. The lowest BCUT2D eigenvalue weighted by Crippen LogP contribution is -2.16. The lowest BCUT2D eigenvalue weighted by atomic mass is 10.3. The number of hydrogen-bond acceptors (Lipinski definition) is 7. The molecule has 0 saturated carbocycles. The Balaban J connectivity index is 1.74. The lowest BCUT2D eigenvalue weighted by Gasteiger charge is -2.17. The topological polar surface area (TPSA) is 105 Å². The highest BCUT2D eigenvalue weighted by Crippen LogP contribution is 2.33. The number of aromatic nitrogens is 2. The van der Waals surface area contributed by atoms with Crippen LogP contribution in [0.15, 0.2) is 96.2 Å². The van der Waals surface area contributed by atoms with Crippen molar-refractivity contribution in [1.29, 1.82) is 0 Å². The van der Waals surface area contributed by atoms with Crippen molar-refractivity contribution in [3.8, 4) is 5.75 Å². The van der Waals surface area contributed by atoms with Gasteiger partial charge in [0.2, 0.25) is 0 Å². The van der Waals surface area contributed by atoms with Crippen molar-refractivity contribution in [3.63, 3.8) is 0 Å². The van der Waals surface area contributed by atoms with Crippen LogP contribution in [0, 0.1) is 0 Å². The largest absolute Gasteiger partial charge is 0.497 e. The van der Waals surface area contributed by atoms with Crippen LogP contribution >= 0.6 is 0 Å². The van der Waals surface area contributed by atoms with Gasteiger partial charge in [0.25, 0.3) is 10.0 Å². The van der Waals surface area contributed by atoms with Crippen molar-refractivity contribution in [1.82, 2.24) is 9.97 Å². The molecule has 1 aromatic heterocycles. The number of rotatable bonds is 8. The van der Waals surface area contributed by atoms with E-state index in [2.05, 4.69) is 25.3 Å². The first kappa shape index (κ1) is 21.1. The molecule has 0 amide bonds. The first-order valence-electron chi connectivity index (χ1n) is 9.71. The molecule has 0 unspecified atom stereocenters. The smallest absolute Gasteiger partial charge is 0.262 e. The van der Waals surface area contributed by atoms with E-state index in [1.165, 1.54) is 25.6 Å². The molecule has 32 heavy (non-hydrogen) atoms. The van der Waals surface area contributed by atoms with Crippen molar-refractivity contribution in [3.05, 3.63) is 91.3 Å². The van der Waals surface area contributed by atoms with E-state index in [0.717, 1.165) is 11.4 Å². The number of ether oxygens (including phenoxy) is 1. The molecular formula is C23H21N5O3S. The number of benzene rings is 3. The SMILES string of the molecule is COc1ccc(S(=O)(=O)Nc2c(Nc3ccccc3)ncnc2Nc2ccccc2)cc1. The lowest BCUT2D eigenvalue weighted by molar-refractivity contribution is 0.414. The molecule has 1 heterocycles. The third-order valence-corrected chi connectivity index (χ3v) is 5.89. The highest BCUT2D eigenvalue weighted by Gasteiger charge is 2.21. The zero-order chi connectivity index (χ0) is 22.4. The van der Waals surface area contributed by atoms with Crippen molar-refractivity contribution in [2.45, 2.75) is 4.90 Å². The van der Waals surface area contributed by atoms with Crippen LogP contribution in [0.3, 0.4) is 0 Å². The van der Waals surface area contributed by atoms with E-state index in [4.69, 9.17) is 4.74 Å². The van der Waals surface area contributed by atoms with Crippen LogP contribution in [0.4, 0.5) is 28.7 Å². The highest BCUT2D eigenvalue weighted by molar-refractivity contribution is 7.92. The van der Waals surface area contributed by atoms with Gasteiger partial charge in [0, 0.05) is 11.4 Å². The van der Waals surface area contributed by atoms with Gasteiger partial charge in [-0.25, -0.2) is 18.4 Å². The molecule has 0 radical (unpaired) electrons.